The number of fused-ring (bicyclic) bond motifs is 1. The quantitative estimate of drug-likeness (QED) is 0.851. The van der Waals surface area contributed by atoms with Crippen LogP contribution in [0.2, 0.25) is 0 Å². The van der Waals surface area contributed by atoms with Crippen LogP contribution in [0.25, 0.3) is 0 Å². The van der Waals surface area contributed by atoms with Crippen LogP contribution >= 0.6 is 0 Å². The number of amides is 2. The van der Waals surface area contributed by atoms with Gasteiger partial charge in [-0.1, -0.05) is 36.3 Å². The van der Waals surface area contributed by atoms with E-state index in [4.69, 9.17) is 6.42 Å². The van der Waals surface area contributed by atoms with E-state index in [9.17, 15) is 4.79 Å². The van der Waals surface area contributed by atoms with Crippen LogP contribution < -0.4 is 10.6 Å². The van der Waals surface area contributed by atoms with E-state index in [0.717, 1.165) is 31.4 Å². The molecule has 1 atom stereocenters. The Balaban J connectivity index is 1.73. The summed E-state index contributed by atoms with van der Waals surface area (Å²) in [5.74, 6) is 2.40. The molecule has 2 N–H and O–H groups in total. The van der Waals surface area contributed by atoms with Gasteiger partial charge < -0.3 is 10.6 Å². The predicted molar refractivity (Wildman–Crippen MR) is 88.8 cm³/mol. The highest BCUT2D eigenvalue weighted by Crippen LogP contribution is 2.29. The number of nitrogens with zero attached hydrogens (tertiary/aromatic N) is 2. The molecule has 1 aromatic heterocycles. The zero-order valence-electron chi connectivity index (χ0n) is 13.0. The van der Waals surface area contributed by atoms with Gasteiger partial charge in [0.2, 0.25) is 0 Å². The highest BCUT2D eigenvalue weighted by atomic mass is 16.2. The van der Waals surface area contributed by atoms with Crippen LogP contribution in [0, 0.1) is 12.3 Å². The van der Waals surface area contributed by atoms with Crippen LogP contribution in [-0.4, -0.2) is 22.4 Å². The number of terminal acetylenes is 1. The molecule has 0 aliphatic heterocycles. The maximum Gasteiger partial charge on any atom is 0.316 e. The Bertz CT molecular complexity index is 714. The summed E-state index contributed by atoms with van der Waals surface area (Å²) < 4.78 is 2.04. The summed E-state index contributed by atoms with van der Waals surface area (Å²) in [6, 6.07) is 10.0. The van der Waals surface area contributed by atoms with Crippen molar-refractivity contribution in [1.82, 2.24) is 20.4 Å². The van der Waals surface area contributed by atoms with Gasteiger partial charge in [0.15, 0.2) is 0 Å². The summed E-state index contributed by atoms with van der Waals surface area (Å²) in [5, 5.41) is 10.2. The van der Waals surface area contributed by atoms with Gasteiger partial charge in [0.05, 0.1) is 25.3 Å². The monoisotopic (exact) mass is 308 g/mol. The Hall–Kier alpha value is -2.74. The number of urea groups is 1. The second-order valence-electron chi connectivity index (χ2n) is 5.67. The van der Waals surface area contributed by atoms with Crippen LogP contribution in [0.4, 0.5) is 4.79 Å². The first kappa shape index (κ1) is 15.2. The van der Waals surface area contributed by atoms with Crippen LogP contribution in [-0.2, 0) is 13.0 Å². The van der Waals surface area contributed by atoms with E-state index in [2.05, 4.69) is 33.8 Å². The molecule has 0 bridgehead atoms. The Kier molecular flexibility index (Phi) is 4.62. The van der Waals surface area contributed by atoms with E-state index in [1.165, 1.54) is 11.3 Å². The Morgan fingerprint density at radius 1 is 1.39 bits per heavy atom. The molecule has 1 aliphatic carbocycles. The van der Waals surface area contributed by atoms with E-state index in [1.54, 1.807) is 0 Å². The van der Waals surface area contributed by atoms with E-state index >= 15 is 0 Å². The lowest BCUT2D eigenvalue weighted by atomic mass is 9.93. The lowest BCUT2D eigenvalue weighted by Gasteiger charge is -2.24. The largest absolute Gasteiger partial charge is 0.331 e. The number of hydrogen-bond acceptors (Lipinski definition) is 2. The third-order valence-corrected chi connectivity index (χ3v) is 4.09. The number of aromatic nitrogens is 2. The molecule has 118 valence electrons. The lowest BCUT2D eigenvalue weighted by molar-refractivity contribution is 0.236. The SMILES string of the molecule is C#CCNC(=O)N[C@@H]1CCCc2c1cnn2Cc1ccccc1. The van der Waals surface area contributed by atoms with Crippen molar-refractivity contribution in [2.45, 2.75) is 31.8 Å². The number of hydrogen-bond donors (Lipinski definition) is 2. The molecule has 0 radical (unpaired) electrons. The number of nitrogens with one attached hydrogen (secondary N) is 2. The first-order valence-corrected chi connectivity index (χ1v) is 7.84. The van der Waals surface area contributed by atoms with Crippen molar-refractivity contribution in [2.75, 3.05) is 6.54 Å². The molecule has 5 heteroatoms. The summed E-state index contributed by atoms with van der Waals surface area (Å²) in [7, 11) is 0. The Labute approximate surface area is 136 Å². The topological polar surface area (TPSA) is 59.0 Å². The van der Waals surface area contributed by atoms with E-state index in [-0.39, 0.29) is 18.6 Å². The molecule has 1 aromatic carbocycles. The molecule has 1 aliphatic rings. The first-order chi connectivity index (χ1) is 11.3. The fourth-order valence-electron chi connectivity index (χ4n) is 3.00. The van der Waals surface area contributed by atoms with E-state index < -0.39 is 0 Å². The minimum atomic E-state index is -0.225. The van der Waals surface area contributed by atoms with Crippen molar-refractivity contribution in [3.05, 3.63) is 53.3 Å². The third kappa shape index (κ3) is 3.54. The molecule has 23 heavy (non-hydrogen) atoms. The second kappa shape index (κ2) is 7.01. The fourth-order valence-corrected chi connectivity index (χ4v) is 3.00. The number of carbonyl (C=O) groups excluding carboxylic acids is 1. The molecule has 5 nitrogen and oxygen atoms in total. The molecule has 1 heterocycles. The molecular formula is C18H20N4O. The summed E-state index contributed by atoms with van der Waals surface area (Å²) in [6.45, 7) is 0.991. The van der Waals surface area contributed by atoms with Gasteiger partial charge in [-0.25, -0.2) is 4.79 Å². The summed E-state index contributed by atoms with van der Waals surface area (Å²) >= 11 is 0. The highest BCUT2D eigenvalue weighted by Gasteiger charge is 2.25. The van der Waals surface area contributed by atoms with Crippen LogP contribution in [0.1, 0.15) is 35.7 Å². The first-order valence-electron chi connectivity index (χ1n) is 7.84. The number of rotatable bonds is 4. The van der Waals surface area contributed by atoms with Gasteiger partial charge in [-0.15, -0.1) is 6.42 Å². The second-order valence-corrected chi connectivity index (χ2v) is 5.67. The Morgan fingerprint density at radius 3 is 3.00 bits per heavy atom. The van der Waals surface area contributed by atoms with E-state index in [1.807, 2.05) is 29.1 Å². The Morgan fingerprint density at radius 2 is 2.22 bits per heavy atom. The van der Waals surface area contributed by atoms with Gasteiger partial charge in [-0.2, -0.15) is 5.10 Å². The highest BCUT2D eigenvalue weighted by molar-refractivity contribution is 5.74. The zero-order chi connectivity index (χ0) is 16.1. The van der Waals surface area contributed by atoms with Crippen molar-refractivity contribution in [3.63, 3.8) is 0 Å². The number of benzene rings is 1. The molecule has 2 aromatic rings. The maximum atomic E-state index is 11.8. The van der Waals surface area contributed by atoms with Crippen molar-refractivity contribution in [1.29, 1.82) is 0 Å². The molecule has 0 saturated carbocycles. The van der Waals surface area contributed by atoms with Gasteiger partial charge in [0.25, 0.3) is 0 Å². The average Bonchev–Trinajstić information content (AvgIpc) is 2.98. The van der Waals surface area contributed by atoms with Gasteiger partial charge in [0, 0.05) is 11.3 Å². The van der Waals surface area contributed by atoms with Crippen LogP contribution in [0.15, 0.2) is 36.5 Å². The zero-order valence-corrected chi connectivity index (χ0v) is 13.0. The molecule has 0 spiro atoms. The van der Waals surface area contributed by atoms with Crippen LogP contribution in [0.5, 0.6) is 0 Å². The summed E-state index contributed by atoms with van der Waals surface area (Å²) in [5.41, 5.74) is 3.55. The molecule has 0 unspecified atom stereocenters. The van der Waals surface area contributed by atoms with Gasteiger partial charge >= 0.3 is 6.03 Å². The minimum absolute atomic E-state index is 0.000970. The lowest BCUT2D eigenvalue weighted by Crippen LogP contribution is -2.39. The molecule has 0 fully saturated rings. The third-order valence-electron chi connectivity index (χ3n) is 4.09. The van der Waals surface area contributed by atoms with Gasteiger partial charge in [-0.3, -0.25) is 4.68 Å². The van der Waals surface area contributed by atoms with Crippen molar-refractivity contribution >= 4 is 6.03 Å². The average molecular weight is 308 g/mol. The summed E-state index contributed by atoms with van der Waals surface area (Å²) in [6.07, 6.45) is 9.99. The van der Waals surface area contributed by atoms with Gasteiger partial charge in [-0.05, 0) is 24.8 Å². The molecule has 3 rings (SSSR count). The predicted octanol–water partition coefficient (Wildman–Crippen LogP) is 2.24. The van der Waals surface area contributed by atoms with Crippen LogP contribution in [0.3, 0.4) is 0 Å². The molecule has 0 saturated heterocycles. The molecular weight excluding hydrogens is 288 g/mol. The van der Waals surface area contributed by atoms with Gasteiger partial charge in [0.1, 0.15) is 0 Å². The maximum absolute atomic E-state index is 11.8. The smallest absolute Gasteiger partial charge is 0.316 e. The van der Waals surface area contributed by atoms with Crippen molar-refractivity contribution in [3.8, 4) is 12.3 Å². The fraction of sp³-hybridized carbons (Fsp3) is 0.333. The minimum Gasteiger partial charge on any atom is -0.331 e. The van der Waals surface area contributed by atoms with Crippen molar-refractivity contribution in [2.24, 2.45) is 0 Å². The molecule has 2 amide bonds. The normalized spacial score (nSPS) is 16.2. The van der Waals surface area contributed by atoms with E-state index in [0.29, 0.717) is 0 Å². The number of carbonyl (C=O) groups is 1. The van der Waals surface area contributed by atoms with Crippen molar-refractivity contribution < 1.29 is 4.79 Å². The standard InChI is InChI=1S/C18H20N4O/c1-2-11-19-18(23)21-16-9-6-10-17-15(16)12-20-22(17)13-14-7-4-3-5-8-14/h1,3-5,7-8,12,16H,6,9-11,13H2,(H2,19,21,23)/t16-/m1/s1. The summed E-state index contributed by atoms with van der Waals surface area (Å²) in [4.78, 5) is 11.8.